The zero-order valence-electron chi connectivity index (χ0n) is 13.2. The van der Waals surface area contributed by atoms with Crippen LogP contribution in [0.2, 0.25) is 10.0 Å². The van der Waals surface area contributed by atoms with Crippen LogP contribution in [0, 0.1) is 0 Å². The van der Waals surface area contributed by atoms with E-state index in [-0.39, 0.29) is 18.4 Å². The van der Waals surface area contributed by atoms with Crippen LogP contribution in [-0.4, -0.2) is 25.5 Å². The van der Waals surface area contributed by atoms with Crippen molar-refractivity contribution < 1.29 is 14.3 Å². The molecule has 0 radical (unpaired) electrons. The first-order valence-electron chi connectivity index (χ1n) is 7.07. The van der Waals surface area contributed by atoms with Crippen LogP contribution in [0.4, 0.5) is 11.4 Å². The van der Waals surface area contributed by atoms with Gasteiger partial charge in [-0.25, -0.2) is 0 Å². The van der Waals surface area contributed by atoms with Gasteiger partial charge in [-0.2, -0.15) is 0 Å². The number of nitrogens with one attached hydrogen (secondary N) is 1. The molecule has 5 nitrogen and oxygen atoms in total. The van der Waals surface area contributed by atoms with E-state index < -0.39 is 0 Å². The van der Waals surface area contributed by atoms with Gasteiger partial charge in [-0.05, 0) is 42.5 Å². The average molecular weight is 367 g/mol. The molecule has 0 spiro atoms. The second-order valence-corrected chi connectivity index (χ2v) is 5.79. The highest BCUT2D eigenvalue weighted by Gasteiger charge is 2.16. The predicted octanol–water partition coefficient (Wildman–Crippen LogP) is 3.99. The molecule has 0 aliphatic heterocycles. The van der Waals surface area contributed by atoms with E-state index in [4.69, 9.17) is 27.9 Å². The maximum atomic E-state index is 12.2. The molecule has 0 fully saturated rings. The van der Waals surface area contributed by atoms with Crippen molar-refractivity contribution in [2.24, 2.45) is 0 Å². The minimum atomic E-state index is -0.348. The smallest absolute Gasteiger partial charge is 0.244 e. The molecule has 0 heterocycles. The number of halogens is 2. The van der Waals surface area contributed by atoms with Crippen molar-refractivity contribution >= 4 is 46.4 Å². The lowest BCUT2D eigenvalue weighted by Gasteiger charge is -2.21. The molecule has 7 heteroatoms. The molecule has 126 valence electrons. The highest BCUT2D eigenvalue weighted by molar-refractivity contribution is 6.42. The van der Waals surface area contributed by atoms with Gasteiger partial charge in [0.1, 0.15) is 12.3 Å². The van der Waals surface area contributed by atoms with E-state index in [1.54, 1.807) is 49.6 Å². The van der Waals surface area contributed by atoms with Gasteiger partial charge in [0.25, 0.3) is 0 Å². The van der Waals surface area contributed by atoms with Crippen molar-refractivity contribution in [3.05, 3.63) is 52.5 Å². The van der Waals surface area contributed by atoms with Crippen LogP contribution >= 0.6 is 23.2 Å². The molecule has 2 aromatic carbocycles. The lowest BCUT2D eigenvalue weighted by atomic mass is 10.2. The Balaban J connectivity index is 2.10. The number of carbonyl (C=O) groups excluding carboxylic acids is 2. The highest BCUT2D eigenvalue weighted by atomic mass is 35.5. The van der Waals surface area contributed by atoms with Crippen LogP contribution < -0.4 is 15.0 Å². The van der Waals surface area contributed by atoms with Gasteiger partial charge < -0.3 is 15.0 Å². The van der Waals surface area contributed by atoms with Gasteiger partial charge >= 0.3 is 0 Å². The molecule has 2 aromatic rings. The Hall–Kier alpha value is -2.24. The van der Waals surface area contributed by atoms with Crippen LogP contribution in [0.3, 0.4) is 0 Å². The molecule has 24 heavy (non-hydrogen) atoms. The molecule has 2 amide bonds. The van der Waals surface area contributed by atoms with Gasteiger partial charge in [0.05, 0.1) is 17.2 Å². The average Bonchev–Trinajstić information content (AvgIpc) is 2.56. The first kappa shape index (κ1) is 18.1. The topological polar surface area (TPSA) is 58.6 Å². The summed E-state index contributed by atoms with van der Waals surface area (Å²) in [5, 5.41) is 3.43. The van der Waals surface area contributed by atoms with Crippen LogP contribution in [0.5, 0.6) is 5.75 Å². The zero-order valence-corrected chi connectivity index (χ0v) is 14.7. The summed E-state index contributed by atoms with van der Waals surface area (Å²) in [6, 6.07) is 11.7. The molecule has 0 aromatic heterocycles. The van der Waals surface area contributed by atoms with Gasteiger partial charge in [0.15, 0.2) is 0 Å². The third-order valence-electron chi connectivity index (χ3n) is 3.27. The molecule has 0 bridgehead atoms. The SMILES string of the molecule is COc1ccc(N(CC(=O)Nc2ccc(Cl)c(Cl)c2)C(C)=O)cc1. The molecule has 0 aliphatic rings. The molecule has 0 saturated carbocycles. The van der Waals surface area contributed by atoms with Crippen LogP contribution in [-0.2, 0) is 9.59 Å². The fourth-order valence-corrected chi connectivity index (χ4v) is 2.36. The number of hydrogen-bond acceptors (Lipinski definition) is 3. The first-order chi connectivity index (χ1) is 11.4. The Morgan fingerprint density at radius 3 is 2.29 bits per heavy atom. The third kappa shape index (κ3) is 4.63. The lowest BCUT2D eigenvalue weighted by molar-refractivity contribution is -0.120. The largest absolute Gasteiger partial charge is 0.497 e. The summed E-state index contributed by atoms with van der Waals surface area (Å²) in [6.45, 7) is 1.28. The fourth-order valence-electron chi connectivity index (χ4n) is 2.06. The third-order valence-corrected chi connectivity index (χ3v) is 4.01. The molecule has 2 rings (SSSR count). The first-order valence-corrected chi connectivity index (χ1v) is 7.83. The Kier molecular flexibility index (Phi) is 6.06. The van der Waals surface area contributed by atoms with Crippen molar-refractivity contribution in [1.29, 1.82) is 0 Å². The van der Waals surface area contributed by atoms with E-state index in [1.165, 1.54) is 11.8 Å². The summed E-state index contributed by atoms with van der Waals surface area (Å²) in [5.74, 6) is 0.0753. The van der Waals surface area contributed by atoms with E-state index >= 15 is 0 Å². The maximum Gasteiger partial charge on any atom is 0.244 e. The van der Waals surface area contributed by atoms with Crippen LogP contribution in [0.25, 0.3) is 0 Å². The summed E-state index contributed by atoms with van der Waals surface area (Å²) < 4.78 is 5.08. The normalized spacial score (nSPS) is 10.2. The van der Waals surface area contributed by atoms with E-state index in [0.29, 0.717) is 27.2 Å². The van der Waals surface area contributed by atoms with Gasteiger partial charge in [0.2, 0.25) is 11.8 Å². The number of ether oxygens (including phenoxy) is 1. The predicted molar refractivity (Wildman–Crippen MR) is 96.1 cm³/mol. The molecular weight excluding hydrogens is 351 g/mol. The van der Waals surface area contributed by atoms with E-state index in [0.717, 1.165) is 0 Å². The van der Waals surface area contributed by atoms with Crippen LogP contribution in [0.15, 0.2) is 42.5 Å². The van der Waals surface area contributed by atoms with Gasteiger partial charge in [-0.1, -0.05) is 23.2 Å². The van der Waals surface area contributed by atoms with Crippen molar-refractivity contribution in [2.75, 3.05) is 23.9 Å². The summed E-state index contributed by atoms with van der Waals surface area (Å²) in [7, 11) is 1.56. The fraction of sp³-hybridized carbons (Fsp3) is 0.176. The van der Waals surface area contributed by atoms with Crippen molar-refractivity contribution in [3.8, 4) is 5.75 Å². The summed E-state index contributed by atoms with van der Waals surface area (Å²) in [4.78, 5) is 25.4. The second-order valence-electron chi connectivity index (χ2n) is 4.98. The van der Waals surface area contributed by atoms with E-state index in [1.807, 2.05) is 0 Å². The quantitative estimate of drug-likeness (QED) is 0.869. The lowest BCUT2D eigenvalue weighted by Crippen LogP contribution is -2.36. The van der Waals surface area contributed by atoms with Gasteiger partial charge in [0, 0.05) is 18.3 Å². The summed E-state index contributed by atoms with van der Waals surface area (Å²) in [6.07, 6.45) is 0. The number of hydrogen-bond donors (Lipinski definition) is 1. The number of rotatable bonds is 5. The second kappa shape index (κ2) is 8.04. The Morgan fingerprint density at radius 2 is 1.75 bits per heavy atom. The number of amides is 2. The molecule has 0 saturated heterocycles. The Labute approximate surface area is 150 Å². The van der Waals surface area contributed by atoms with Crippen molar-refractivity contribution in [3.63, 3.8) is 0 Å². The Bertz CT molecular complexity index is 748. The number of carbonyl (C=O) groups is 2. The van der Waals surface area contributed by atoms with Crippen molar-refractivity contribution in [2.45, 2.75) is 6.92 Å². The standard InChI is InChI=1S/C17H16Cl2N2O3/c1-11(22)21(13-4-6-14(24-2)7-5-13)10-17(23)20-12-3-8-15(18)16(19)9-12/h3-9H,10H2,1-2H3,(H,20,23). The van der Waals surface area contributed by atoms with E-state index in [9.17, 15) is 9.59 Å². The number of nitrogens with zero attached hydrogens (tertiary/aromatic N) is 1. The monoisotopic (exact) mass is 366 g/mol. The zero-order chi connectivity index (χ0) is 17.7. The molecule has 0 unspecified atom stereocenters. The van der Waals surface area contributed by atoms with E-state index in [2.05, 4.69) is 5.32 Å². The molecule has 0 atom stereocenters. The number of methoxy groups -OCH3 is 1. The number of anilines is 2. The maximum absolute atomic E-state index is 12.2. The minimum absolute atomic E-state index is 0.123. The van der Waals surface area contributed by atoms with Crippen LogP contribution in [0.1, 0.15) is 6.92 Å². The molecule has 1 N–H and O–H groups in total. The molecular formula is C17H16Cl2N2O3. The summed E-state index contributed by atoms with van der Waals surface area (Å²) in [5.41, 5.74) is 1.11. The van der Waals surface area contributed by atoms with Crippen molar-refractivity contribution in [1.82, 2.24) is 0 Å². The highest BCUT2D eigenvalue weighted by Crippen LogP contribution is 2.25. The summed E-state index contributed by atoms with van der Waals surface area (Å²) >= 11 is 11.8. The van der Waals surface area contributed by atoms with Gasteiger partial charge in [-0.15, -0.1) is 0 Å². The minimum Gasteiger partial charge on any atom is -0.497 e. The molecule has 0 aliphatic carbocycles. The van der Waals surface area contributed by atoms with Gasteiger partial charge in [-0.3, -0.25) is 9.59 Å². The number of benzene rings is 2. The Morgan fingerprint density at radius 1 is 1.08 bits per heavy atom.